The normalized spacial score (nSPS) is 12.1. The van der Waals surface area contributed by atoms with Crippen LogP contribution in [0.2, 0.25) is 0 Å². The molecule has 0 aromatic carbocycles. The topological polar surface area (TPSA) is 102 Å². The molecular formula is C11H18N4O3. The fraction of sp³-hybridized carbons (Fsp3) is 0.455. The first-order valence-corrected chi connectivity index (χ1v) is 5.51. The number of nitrogen functional groups attached to an aromatic ring is 1. The minimum Gasteiger partial charge on any atom is -0.383 e. The number of nitrogens with one attached hydrogen (secondary N) is 2. The zero-order valence-electron chi connectivity index (χ0n) is 10.5. The van der Waals surface area contributed by atoms with Crippen molar-refractivity contribution in [2.75, 3.05) is 24.8 Å². The van der Waals surface area contributed by atoms with Gasteiger partial charge in [0.05, 0.1) is 13.2 Å². The predicted molar refractivity (Wildman–Crippen MR) is 70.9 cm³/mol. The number of anilines is 2. The number of nitrogens with zero attached hydrogens (tertiary/aromatic N) is 1. The molecule has 18 heavy (non-hydrogen) atoms. The van der Waals surface area contributed by atoms with Gasteiger partial charge in [-0.1, -0.05) is 6.08 Å². The van der Waals surface area contributed by atoms with Gasteiger partial charge in [-0.2, -0.15) is 0 Å². The highest BCUT2D eigenvalue weighted by Crippen LogP contribution is 2.11. The van der Waals surface area contributed by atoms with E-state index in [-0.39, 0.29) is 24.1 Å². The minimum absolute atomic E-state index is 0.0921. The molecule has 1 aromatic rings. The van der Waals surface area contributed by atoms with Crippen LogP contribution in [-0.2, 0) is 11.3 Å². The van der Waals surface area contributed by atoms with Crippen molar-refractivity contribution in [2.24, 2.45) is 0 Å². The van der Waals surface area contributed by atoms with Crippen molar-refractivity contribution in [3.8, 4) is 0 Å². The Hall–Kier alpha value is -2.02. The van der Waals surface area contributed by atoms with Crippen LogP contribution < -0.4 is 22.3 Å². The molecule has 0 aliphatic heterocycles. The van der Waals surface area contributed by atoms with Gasteiger partial charge in [0.2, 0.25) is 0 Å². The number of aromatic nitrogens is 2. The molecule has 7 heteroatoms. The van der Waals surface area contributed by atoms with E-state index in [1.165, 1.54) is 11.7 Å². The summed E-state index contributed by atoms with van der Waals surface area (Å²) in [5.74, 6) is 0.0921. The summed E-state index contributed by atoms with van der Waals surface area (Å²) in [4.78, 5) is 25.5. The summed E-state index contributed by atoms with van der Waals surface area (Å²) < 4.78 is 6.14. The summed E-state index contributed by atoms with van der Waals surface area (Å²) in [6, 6.07) is -0.137. The van der Waals surface area contributed by atoms with E-state index in [1.54, 1.807) is 6.08 Å². The molecule has 0 amide bonds. The molecular weight excluding hydrogens is 236 g/mol. The van der Waals surface area contributed by atoms with E-state index in [2.05, 4.69) is 16.9 Å². The number of ether oxygens (including phenoxy) is 1. The van der Waals surface area contributed by atoms with E-state index < -0.39 is 11.2 Å². The highest BCUT2D eigenvalue weighted by atomic mass is 16.5. The van der Waals surface area contributed by atoms with Gasteiger partial charge < -0.3 is 15.8 Å². The standard InChI is InChI=1S/C11H18N4O3/c1-4-7(2)13-8-9(12)15(5-6-18-3)11(17)14-10(8)16/h4,7,13H,1,5-6,12H2,2-3H3,(H,14,16,17). The summed E-state index contributed by atoms with van der Waals surface area (Å²) in [6.45, 7) is 6.02. The van der Waals surface area contributed by atoms with Crippen LogP contribution in [0.5, 0.6) is 0 Å². The second-order valence-electron chi connectivity index (χ2n) is 3.83. The van der Waals surface area contributed by atoms with Crippen molar-refractivity contribution >= 4 is 11.5 Å². The summed E-state index contributed by atoms with van der Waals surface area (Å²) in [5.41, 5.74) is 4.89. The first-order valence-electron chi connectivity index (χ1n) is 5.51. The third-order valence-electron chi connectivity index (χ3n) is 2.48. The Labute approximate surface area is 104 Å². The lowest BCUT2D eigenvalue weighted by Crippen LogP contribution is -2.35. The Bertz CT molecular complexity index is 532. The monoisotopic (exact) mass is 254 g/mol. The van der Waals surface area contributed by atoms with Gasteiger partial charge >= 0.3 is 5.69 Å². The van der Waals surface area contributed by atoms with Gasteiger partial charge in [0.15, 0.2) is 0 Å². The summed E-state index contributed by atoms with van der Waals surface area (Å²) >= 11 is 0. The lowest BCUT2D eigenvalue weighted by Gasteiger charge is -2.15. The van der Waals surface area contributed by atoms with E-state index in [0.29, 0.717) is 6.61 Å². The Morgan fingerprint density at radius 3 is 2.83 bits per heavy atom. The van der Waals surface area contributed by atoms with Gasteiger partial charge in [-0.15, -0.1) is 6.58 Å². The number of methoxy groups -OCH3 is 1. The number of hydrogen-bond acceptors (Lipinski definition) is 5. The van der Waals surface area contributed by atoms with Crippen LogP contribution in [0.15, 0.2) is 22.2 Å². The second-order valence-corrected chi connectivity index (χ2v) is 3.83. The van der Waals surface area contributed by atoms with Crippen molar-refractivity contribution in [2.45, 2.75) is 19.5 Å². The maximum absolute atomic E-state index is 11.7. The maximum atomic E-state index is 11.7. The van der Waals surface area contributed by atoms with Crippen molar-refractivity contribution in [3.63, 3.8) is 0 Å². The fourth-order valence-corrected chi connectivity index (χ4v) is 1.42. The Kier molecular flexibility index (Phi) is 4.73. The quantitative estimate of drug-likeness (QED) is 0.608. The van der Waals surface area contributed by atoms with Crippen LogP contribution >= 0.6 is 0 Å². The van der Waals surface area contributed by atoms with Gasteiger partial charge in [0.1, 0.15) is 11.5 Å². The average molecular weight is 254 g/mol. The second kappa shape index (κ2) is 6.06. The fourth-order valence-electron chi connectivity index (χ4n) is 1.42. The molecule has 0 saturated carbocycles. The molecule has 7 nitrogen and oxygen atoms in total. The minimum atomic E-state index is -0.550. The van der Waals surface area contributed by atoms with E-state index >= 15 is 0 Å². The molecule has 0 aliphatic carbocycles. The Morgan fingerprint density at radius 2 is 2.28 bits per heavy atom. The van der Waals surface area contributed by atoms with Gasteiger partial charge in [-0.05, 0) is 6.92 Å². The molecule has 1 aromatic heterocycles. The SMILES string of the molecule is C=CC(C)Nc1c(N)n(CCOC)c(=O)[nH]c1=O. The molecule has 0 spiro atoms. The number of H-pyrrole nitrogens is 1. The van der Waals surface area contributed by atoms with E-state index in [4.69, 9.17) is 10.5 Å². The summed E-state index contributed by atoms with van der Waals surface area (Å²) in [7, 11) is 1.52. The highest BCUT2D eigenvalue weighted by Gasteiger charge is 2.12. The zero-order valence-corrected chi connectivity index (χ0v) is 10.5. The molecule has 1 atom stereocenters. The van der Waals surface area contributed by atoms with E-state index in [0.717, 1.165) is 0 Å². The third kappa shape index (κ3) is 3.01. The first kappa shape index (κ1) is 14.0. The molecule has 100 valence electrons. The molecule has 0 saturated heterocycles. The Morgan fingerprint density at radius 1 is 1.61 bits per heavy atom. The molecule has 1 unspecified atom stereocenters. The largest absolute Gasteiger partial charge is 0.383 e. The lowest BCUT2D eigenvalue weighted by atomic mass is 10.3. The Balaban J connectivity index is 3.22. The summed E-state index contributed by atoms with van der Waals surface area (Å²) in [5, 5.41) is 2.88. The highest BCUT2D eigenvalue weighted by molar-refractivity contribution is 5.61. The van der Waals surface area contributed by atoms with Crippen molar-refractivity contribution in [3.05, 3.63) is 33.5 Å². The molecule has 0 aliphatic rings. The summed E-state index contributed by atoms with van der Waals surface area (Å²) in [6.07, 6.45) is 1.63. The molecule has 1 heterocycles. The van der Waals surface area contributed by atoms with Crippen LogP contribution in [0, 0.1) is 0 Å². The van der Waals surface area contributed by atoms with Gasteiger partial charge in [-0.3, -0.25) is 14.3 Å². The first-order chi connectivity index (χ1) is 8.51. The van der Waals surface area contributed by atoms with E-state index in [1.807, 2.05) is 6.92 Å². The van der Waals surface area contributed by atoms with Gasteiger partial charge in [-0.25, -0.2) is 4.79 Å². The predicted octanol–water partition coefficient (Wildman–Crippen LogP) is -0.248. The van der Waals surface area contributed by atoms with Crippen LogP contribution in [-0.4, -0.2) is 29.3 Å². The number of hydrogen-bond donors (Lipinski definition) is 3. The molecule has 4 N–H and O–H groups in total. The molecule has 1 rings (SSSR count). The van der Waals surface area contributed by atoms with Gasteiger partial charge in [0, 0.05) is 13.2 Å². The third-order valence-corrected chi connectivity index (χ3v) is 2.48. The van der Waals surface area contributed by atoms with E-state index in [9.17, 15) is 9.59 Å². The van der Waals surface area contributed by atoms with Crippen LogP contribution in [0.4, 0.5) is 11.5 Å². The number of aromatic amines is 1. The molecule has 0 bridgehead atoms. The zero-order chi connectivity index (χ0) is 13.7. The van der Waals surface area contributed by atoms with Gasteiger partial charge in [0.25, 0.3) is 5.56 Å². The van der Waals surface area contributed by atoms with Crippen LogP contribution in [0.3, 0.4) is 0 Å². The smallest absolute Gasteiger partial charge is 0.330 e. The maximum Gasteiger partial charge on any atom is 0.330 e. The molecule has 0 radical (unpaired) electrons. The number of nitrogens with two attached hydrogens (primary N) is 1. The number of rotatable bonds is 6. The molecule has 0 fully saturated rings. The van der Waals surface area contributed by atoms with Crippen LogP contribution in [0.25, 0.3) is 0 Å². The average Bonchev–Trinajstić information content (AvgIpc) is 2.33. The van der Waals surface area contributed by atoms with Crippen molar-refractivity contribution in [1.29, 1.82) is 0 Å². The van der Waals surface area contributed by atoms with Crippen molar-refractivity contribution < 1.29 is 4.74 Å². The van der Waals surface area contributed by atoms with Crippen LogP contribution in [0.1, 0.15) is 6.92 Å². The lowest BCUT2D eigenvalue weighted by molar-refractivity contribution is 0.186. The van der Waals surface area contributed by atoms with Crippen molar-refractivity contribution in [1.82, 2.24) is 9.55 Å².